The highest BCUT2D eigenvalue weighted by atomic mass is 16.5. The van der Waals surface area contributed by atoms with Gasteiger partial charge in [0.25, 0.3) is 0 Å². The smallest absolute Gasteiger partial charge is 0.225 e. The van der Waals surface area contributed by atoms with Gasteiger partial charge in [-0.1, -0.05) is 18.2 Å². The number of hydrogen-bond acceptors (Lipinski definition) is 4. The Balaban J connectivity index is 1.92. The van der Waals surface area contributed by atoms with Crippen LogP contribution in [0.1, 0.15) is 34.4 Å². The van der Waals surface area contributed by atoms with Crippen LogP contribution in [0, 0.1) is 13.8 Å². The second kappa shape index (κ2) is 7.65. The van der Waals surface area contributed by atoms with Crippen LogP contribution >= 0.6 is 0 Å². The summed E-state index contributed by atoms with van der Waals surface area (Å²) in [6.45, 7) is 3.89. The average Bonchev–Trinajstić information content (AvgIpc) is 3.18. The minimum Gasteiger partial charge on any atom is -0.496 e. The number of nitrogens with one attached hydrogen (secondary N) is 1. The lowest BCUT2D eigenvalue weighted by atomic mass is 10.0. The molecule has 0 aliphatic heterocycles. The SMILES string of the molecule is COc1ccccc1C(NC(=O)Cc1c(C)nn(C)c1C)c1nccn1C. The molecule has 0 spiro atoms. The predicted octanol–water partition coefficient (Wildman–Crippen LogP) is 2.23. The van der Waals surface area contributed by atoms with E-state index >= 15 is 0 Å². The fourth-order valence-electron chi connectivity index (χ4n) is 3.29. The highest BCUT2D eigenvalue weighted by Gasteiger charge is 2.24. The van der Waals surface area contributed by atoms with Crippen molar-refractivity contribution in [2.45, 2.75) is 26.3 Å². The summed E-state index contributed by atoms with van der Waals surface area (Å²) < 4.78 is 9.20. The van der Waals surface area contributed by atoms with E-state index in [-0.39, 0.29) is 12.3 Å². The minimum atomic E-state index is -0.411. The summed E-state index contributed by atoms with van der Waals surface area (Å²) in [5.74, 6) is 1.36. The molecule has 0 bridgehead atoms. The fraction of sp³-hybridized carbons (Fsp3) is 0.350. The minimum absolute atomic E-state index is 0.0897. The molecule has 27 heavy (non-hydrogen) atoms. The number of aryl methyl sites for hydroxylation is 3. The van der Waals surface area contributed by atoms with Crippen LogP contribution in [-0.4, -0.2) is 32.3 Å². The van der Waals surface area contributed by atoms with Gasteiger partial charge in [0, 0.05) is 43.3 Å². The Kier molecular flexibility index (Phi) is 5.30. The van der Waals surface area contributed by atoms with Crippen LogP contribution in [0.15, 0.2) is 36.7 Å². The van der Waals surface area contributed by atoms with E-state index in [2.05, 4.69) is 15.4 Å². The Morgan fingerprint density at radius 3 is 2.59 bits per heavy atom. The largest absolute Gasteiger partial charge is 0.496 e. The summed E-state index contributed by atoms with van der Waals surface area (Å²) >= 11 is 0. The van der Waals surface area contributed by atoms with Gasteiger partial charge in [0.15, 0.2) is 0 Å². The number of rotatable bonds is 6. The molecule has 0 aliphatic rings. The summed E-state index contributed by atoms with van der Waals surface area (Å²) in [6.07, 6.45) is 3.85. The van der Waals surface area contributed by atoms with E-state index in [4.69, 9.17) is 4.74 Å². The van der Waals surface area contributed by atoms with Gasteiger partial charge in [0.1, 0.15) is 17.6 Å². The van der Waals surface area contributed by atoms with Crippen LogP contribution in [0.4, 0.5) is 0 Å². The lowest BCUT2D eigenvalue weighted by molar-refractivity contribution is -0.121. The molecule has 1 N–H and O–H groups in total. The number of carbonyl (C=O) groups excluding carboxylic acids is 1. The zero-order valence-corrected chi connectivity index (χ0v) is 16.4. The third-order valence-corrected chi connectivity index (χ3v) is 4.87. The van der Waals surface area contributed by atoms with Crippen molar-refractivity contribution < 1.29 is 9.53 Å². The molecule has 0 fully saturated rings. The lowest BCUT2D eigenvalue weighted by Crippen LogP contribution is -2.32. The van der Waals surface area contributed by atoms with Gasteiger partial charge in [-0.25, -0.2) is 4.98 Å². The molecule has 1 atom stereocenters. The molecule has 2 aromatic heterocycles. The van der Waals surface area contributed by atoms with Crippen LogP contribution in [0.2, 0.25) is 0 Å². The average molecular weight is 367 g/mol. The quantitative estimate of drug-likeness (QED) is 0.725. The molecule has 7 nitrogen and oxygen atoms in total. The third kappa shape index (κ3) is 3.72. The van der Waals surface area contributed by atoms with E-state index in [0.717, 1.165) is 28.3 Å². The molecule has 0 aliphatic carbocycles. The molecule has 142 valence electrons. The van der Waals surface area contributed by atoms with Crippen LogP contribution in [0.5, 0.6) is 5.75 Å². The van der Waals surface area contributed by atoms with E-state index in [1.165, 1.54) is 0 Å². The Morgan fingerprint density at radius 1 is 1.26 bits per heavy atom. The zero-order valence-electron chi connectivity index (χ0n) is 16.4. The van der Waals surface area contributed by atoms with E-state index in [1.54, 1.807) is 18.0 Å². The van der Waals surface area contributed by atoms with Gasteiger partial charge in [-0.15, -0.1) is 0 Å². The lowest BCUT2D eigenvalue weighted by Gasteiger charge is -2.21. The van der Waals surface area contributed by atoms with Crippen LogP contribution in [-0.2, 0) is 25.3 Å². The topological polar surface area (TPSA) is 74.0 Å². The second-order valence-corrected chi connectivity index (χ2v) is 6.59. The molecule has 1 aromatic carbocycles. The number of benzene rings is 1. The van der Waals surface area contributed by atoms with E-state index in [0.29, 0.717) is 5.75 Å². The highest BCUT2D eigenvalue weighted by Crippen LogP contribution is 2.29. The Labute approximate surface area is 159 Å². The van der Waals surface area contributed by atoms with Gasteiger partial charge in [-0.3, -0.25) is 9.48 Å². The number of imidazole rings is 1. The molecule has 3 rings (SSSR count). The summed E-state index contributed by atoms with van der Waals surface area (Å²) in [6, 6.07) is 7.24. The molecule has 0 saturated carbocycles. The normalized spacial score (nSPS) is 12.0. The number of amides is 1. The molecule has 0 saturated heterocycles. The standard InChI is InChI=1S/C20H25N5O2/c1-13-16(14(2)25(4)23-13)12-18(26)22-19(20-21-10-11-24(20)3)15-8-6-7-9-17(15)27-5/h6-11,19H,12H2,1-5H3,(H,22,26). The van der Waals surface area contributed by atoms with Crippen molar-refractivity contribution in [3.8, 4) is 5.75 Å². The second-order valence-electron chi connectivity index (χ2n) is 6.59. The monoisotopic (exact) mass is 367 g/mol. The van der Waals surface area contributed by atoms with Gasteiger partial charge >= 0.3 is 0 Å². The first-order valence-electron chi connectivity index (χ1n) is 8.81. The van der Waals surface area contributed by atoms with E-state index in [9.17, 15) is 4.79 Å². The molecule has 1 unspecified atom stereocenters. The van der Waals surface area contributed by atoms with Crippen molar-refractivity contribution in [3.63, 3.8) is 0 Å². The number of hydrogen-bond donors (Lipinski definition) is 1. The van der Waals surface area contributed by atoms with Crippen molar-refractivity contribution in [2.24, 2.45) is 14.1 Å². The fourth-order valence-corrected chi connectivity index (χ4v) is 3.29. The van der Waals surface area contributed by atoms with Crippen LogP contribution in [0.3, 0.4) is 0 Å². The molecular weight excluding hydrogens is 342 g/mol. The summed E-state index contributed by atoms with van der Waals surface area (Å²) in [5, 5.41) is 7.52. The Morgan fingerprint density at radius 2 is 2.00 bits per heavy atom. The highest BCUT2D eigenvalue weighted by molar-refractivity contribution is 5.80. The van der Waals surface area contributed by atoms with Crippen LogP contribution < -0.4 is 10.1 Å². The first-order chi connectivity index (χ1) is 12.9. The van der Waals surface area contributed by atoms with Gasteiger partial charge in [0.05, 0.1) is 19.2 Å². The van der Waals surface area contributed by atoms with Gasteiger partial charge < -0.3 is 14.6 Å². The van der Waals surface area contributed by atoms with Crippen molar-refractivity contribution >= 4 is 5.91 Å². The number of nitrogens with zero attached hydrogens (tertiary/aromatic N) is 4. The molecule has 7 heteroatoms. The van der Waals surface area contributed by atoms with Crippen molar-refractivity contribution in [1.29, 1.82) is 0 Å². The summed E-state index contributed by atoms with van der Waals surface area (Å²) in [7, 11) is 5.42. The molecule has 3 aromatic rings. The van der Waals surface area contributed by atoms with Gasteiger partial charge in [-0.05, 0) is 19.9 Å². The number of ether oxygens (including phenoxy) is 1. The molecule has 0 radical (unpaired) electrons. The molecular formula is C20H25N5O2. The summed E-state index contributed by atoms with van der Waals surface area (Å²) in [5.41, 5.74) is 3.68. The first kappa shape index (κ1) is 18.7. The number of aromatic nitrogens is 4. The number of para-hydroxylation sites is 1. The maximum atomic E-state index is 12.9. The van der Waals surface area contributed by atoms with Crippen molar-refractivity contribution in [2.75, 3.05) is 7.11 Å². The van der Waals surface area contributed by atoms with Gasteiger partial charge in [-0.2, -0.15) is 5.10 Å². The number of carbonyl (C=O) groups is 1. The Hall–Kier alpha value is -3.09. The first-order valence-corrected chi connectivity index (χ1v) is 8.81. The van der Waals surface area contributed by atoms with E-state index < -0.39 is 6.04 Å². The maximum absolute atomic E-state index is 12.9. The molecule has 1 amide bonds. The van der Waals surface area contributed by atoms with E-state index in [1.807, 2.05) is 63.0 Å². The number of methoxy groups -OCH3 is 1. The van der Waals surface area contributed by atoms with Crippen molar-refractivity contribution in [1.82, 2.24) is 24.6 Å². The van der Waals surface area contributed by atoms with Crippen molar-refractivity contribution in [3.05, 3.63) is 65.0 Å². The Bertz CT molecular complexity index is 957. The third-order valence-electron chi connectivity index (χ3n) is 4.87. The summed E-state index contributed by atoms with van der Waals surface area (Å²) in [4.78, 5) is 17.3. The van der Waals surface area contributed by atoms with Crippen LogP contribution in [0.25, 0.3) is 0 Å². The maximum Gasteiger partial charge on any atom is 0.225 e. The predicted molar refractivity (Wildman–Crippen MR) is 103 cm³/mol. The zero-order chi connectivity index (χ0) is 19.6. The van der Waals surface area contributed by atoms with Gasteiger partial charge in [0.2, 0.25) is 5.91 Å². The molecule has 2 heterocycles.